The number of fused-ring (bicyclic) bond motifs is 1. The van der Waals surface area contributed by atoms with Gasteiger partial charge in [0, 0.05) is 58.0 Å². The first-order chi connectivity index (χ1) is 13.5. The van der Waals surface area contributed by atoms with Gasteiger partial charge in [-0.3, -0.25) is 0 Å². The summed E-state index contributed by atoms with van der Waals surface area (Å²) in [4.78, 5) is 27.5. The number of rotatable bonds is 3. The number of halogens is 1. The van der Waals surface area contributed by atoms with Crippen LogP contribution in [0.2, 0.25) is 0 Å². The van der Waals surface area contributed by atoms with E-state index in [4.69, 9.17) is 0 Å². The molecule has 0 unspecified atom stereocenters. The molecule has 2 saturated heterocycles. The molecule has 6 nitrogen and oxygen atoms in total. The molecule has 3 atom stereocenters. The monoisotopic (exact) mass is 383 g/mol. The highest BCUT2D eigenvalue weighted by atomic mass is 19.1. The Morgan fingerprint density at radius 1 is 1.21 bits per heavy atom. The molecule has 0 aliphatic carbocycles. The number of aromatic nitrogens is 2. The third-order valence-electron chi connectivity index (χ3n) is 5.87. The van der Waals surface area contributed by atoms with Gasteiger partial charge in [0.2, 0.25) is 5.95 Å². The summed E-state index contributed by atoms with van der Waals surface area (Å²) in [6.07, 6.45) is 4.67. The van der Waals surface area contributed by atoms with Crippen LogP contribution in [0.3, 0.4) is 0 Å². The van der Waals surface area contributed by atoms with E-state index in [9.17, 15) is 9.18 Å². The first-order valence-electron chi connectivity index (χ1n) is 9.77. The van der Waals surface area contributed by atoms with Crippen LogP contribution in [0.25, 0.3) is 0 Å². The highest BCUT2D eigenvalue weighted by Crippen LogP contribution is 2.45. The smallest absolute Gasteiger partial charge is 0.320 e. The molecule has 7 heteroatoms. The second-order valence-corrected chi connectivity index (χ2v) is 7.90. The molecule has 28 heavy (non-hydrogen) atoms. The third-order valence-corrected chi connectivity index (χ3v) is 5.87. The Morgan fingerprint density at radius 2 is 1.96 bits per heavy atom. The van der Waals surface area contributed by atoms with Crippen molar-refractivity contribution in [2.75, 3.05) is 38.6 Å². The Kier molecular flexibility index (Phi) is 4.91. The number of nitrogens with zero attached hydrogens (tertiary/aromatic N) is 5. The number of anilines is 1. The molecule has 1 aromatic heterocycles. The number of carbonyl (C=O) groups excluding carboxylic acids is 1. The first kappa shape index (κ1) is 18.7. The van der Waals surface area contributed by atoms with Crippen molar-refractivity contribution in [1.82, 2.24) is 19.8 Å². The summed E-state index contributed by atoms with van der Waals surface area (Å²) in [5.74, 6) is 0.994. The van der Waals surface area contributed by atoms with Gasteiger partial charge >= 0.3 is 6.03 Å². The maximum absolute atomic E-state index is 13.9. The van der Waals surface area contributed by atoms with Crippen LogP contribution in [0.1, 0.15) is 24.1 Å². The average Bonchev–Trinajstić information content (AvgIpc) is 3.25. The molecule has 0 N–H and O–H groups in total. The Hall–Kier alpha value is -2.70. The minimum absolute atomic E-state index is 0.0289. The topological polar surface area (TPSA) is 52.6 Å². The van der Waals surface area contributed by atoms with E-state index < -0.39 is 0 Å². The van der Waals surface area contributed by atoms with Gasteiger partial charge in [-0.15, -0.1) is 0 Å². The molecule has 0 saturated carbocycles. The number of urea groups is 1. The molecule has 2 aromatic rings. The van der Waals surface area contributed by atoms with Crippen LogP contribution < -0.4 is 4.90 Å². The van der Waals surface area contributed by atoms with Crippen molar-refractivity contribution < 1.29 is 9.18 Å². The Morgan fingerprint density at radius 3 is 2.61 bits per heavy atom. The van der Waals surface area contributed by atoms with Crippen molar-refractivity contribution in [3.8, 4) is 0 Å². The molecule has 0 spiro atoms. The zero-order valence-electron chi connectivity index (χ0n) is 16.5. The van der Waals surface area contributed by atoms with Crippen LogP contribution in [-0.2, 0) is 6.42 Å². The summed E-state index contributed by atoms with van der Waals surface area (Å²) in [5, 5.41) is 0. The molecular formula is C21H26FN5O. The number of amides is 2. The van der Waals surface area contributed by atoms with Gasteiger partial charge in [-0.25, -0.2) is 19.2 Å². The molecule has 4 rings (SSSR count). The van der Waals surface area contributed by atoms with Crippen LogP contribution in [0.5, 0.6) is 0 Å². The van der Waals surface area contributed by atoms with Gasteiger partial charge in [-0.1, -0.05) is 19.1 Å². The Labute approximate surface area is 165 Å². The summed E-state index contributed by atoms with van der Waals surface area (Å²) >= 11 is 0. The van der Waals surface area contributed by atoms with Gasteiger partial charge in [0.25, 0.3) is 0 Å². The molecule has 3 heterocycles. The normalized spacial score (nSPS) is 23.8. The van der Waals surface area contributed by atoms with E-state index >= 15 is 0 Å². The standard InChI is InChI=1S/C21H26FN5O/c1-4-14-9-23-20(24-10-14)26-11-16-12-27(21(28)25(2)3)19(18(16)13-26)15-6-5-7-17(22)8-15/h5-10,16,18-19H,4,11-13H2,1-3H3/t16-,18-,19-/m1/s1. The highest BCUT2D eigenvalue weighted by molar-refractivity contribution is 5.75. The van der Waals surface area contributed by atoms with E-state index in [-0.39, 0.29) is 23.8 Å². The molecule has 2 fully saturated rings. The van der Waals surface area contributed by atoms with Gasteiger partial charge in [0.05, 0.1) is 6.04 Å². The number of benzene rings is 1. The fourth-order valence-corrected chi connectivity index (χ4v) is 4.47. The zero-order chi connectivity index (χ0) is 19.8. The molecule has 1 aromatic carbocycles. The van der Waals surface area contributed by atoms with Crippen LogP contribution in [0.4, 0.5) is 15.1 Å². The molecule has 2 aliphatic heterocycles. The lowest BCUT2D eigenvalue weighted by Gasteiger charge is -2.31. The predicted molar refractivity (Wildman–Crippen MR) is 106 cm³/mol. The van der Waals surface area contributed by atoms with Crippen molar-refractivity contribution in [3.63, 3.8) is 0 Å². The molecule has 2 aliphatic rings. The lowest BCUT2D eigenvalue weighted by molar-refractivity contribution is 0.159. The van der Waals surface area contributed by atoms with E-state index in [0.717, 1.165) is 36.6 Å². The fraction of sp³-hybridized carbons (Fsp3) is 0.476. The van der Waals surface area contributed by atoms with Crippen LogP contribution in [0.15, 0.2) is 36.7 Å². The number of aryl methyl sites for hydroxylation is 1. The van der Waals surface area contributed by atoms with Crippen LogP contribution >= 0.6 is 0 Å². The van der Waals surface area contributed by atoms with E-state index in [0.29, 0.717) is 12.5 Å². The molecule has 2 amide bonds. The van der Waals surface area contributed by atoms with Crippen molar-refractivity contribution in [3.05, 3.63) is 53.6 Å². The van der Waals surface area contributed by atoms with Crippen molar-refractivity contribution in [1.29, 1.82) is 0 Å². The third kappa shape index (κ3) is 3.30. The van der Waals surface area contributed by atoms with Gasteiger partial charge in [-0.05, 0) is 29.7 Å². The zero-order valence-corrected chi connectivity index (χ0v) is 16.5. The van der Waals surface area contributed by atoms with E-state index in [1.165, 1.54) is 6.07 Å². The molecule has 0 radical (unpaired) electrons. The summed E-state index contributed by atoms with van der Waals surface area (Å²) in [6.45, 7) is 4.30. The van der Waals surface area contributed by atoms with Gasteiger partial charge in [0.1, 0.15) is 5.82 Å². The lowest BCUT2D eigenvalue weighted by Crippen LogP contribution is -2.41. The van der Waals surface area contributed by atoms with E-state index in [1.807, 2.05) is 23.4 Å². The minimum Gasteiger partial charge on any atom is -0.340 e. The maximum Gasteiger partial charge on any atom is 0.320 e. The largest absolute Gasteiger partial charge is 0.340 e. The van der Waals surface area contributed by atoms with Gasteiger partial charge in [0.15, 0.2) is 0 Å². The first-order valence-corrected chi connectivity index (χ1v) is 9.77. The number of hydrogen-bond acceptors (Lipinski definition) is 4. The van der Waals surface area contributed by atoms with Gasteiger partial charge in [-0.2, -0.15) is 0 Å². The second kappa shape index (κ2) is 7.37. The van der Waals surface area contributed by atoms with Crippen LogP contribution in [-0.4, -0.2) is 59.5 Å². The van der Waals surface area contributed by atoms with Crippen molar-refractivity contribution >= 4 is 12.0 Å². The average molecular weight is 383 g/mol. The summed E-state index contributed by atoms with van der Waals surface area (Å²) in [7, 11) is 3.52. The number of carbonyl (C=O) groups is 1. The fourth-order valence-electron chi connectivity index (χ4n) is 4.47. The Bertz CT molecular complexity index is 856. The molecular weight excluding hydrogens is 357 g/mol. The summed E-state index contributed by atoms with van der Waals surface area (Å²) < 4.78 is 13.9. The number of likely N-dealkylation sites (tertiary alicyclic amines) is 1. The minimum atomic E-state index is -0.272. The van der Waals surface area contributed by atoms with Gasteiger partial charge < -0.3 is 14.7 Å². The van der Waals surface area contributed by atoms with Crippen molar-refractivity contribution in [2.45, 2.75) is 19.4 Å². The maximum atomic E-state index is 13.9. The van der Waals surface area contributed by atoms with E-state index in [2.05, 4.69) is 21.8 Å². The van der Waals surface area contributed by atoms with Crippen LogP contribution in [0, 0.1) is 17.7 Å². The predicted octanol–water partition coefficient (Wildman–Crippen LogP) is 2.97. The summed E-state index contributed by atoms with van der Waals surface area (Å²) in [5.41, 5.74) is 1.97. The highest BCUT2D eigenvalue weighted by Gasteiger charge is 2.50. The quantitative estimate of drug-likeness (QED) is 0.818. The Balaban J connectivity index is 1.62. The molecule has 148 valence electrons. The molecule has 0 bridgehead atoms. The number of hydrogen-bond donors (Lipinski definition) is 0. The second-order valence-electron chi connectivity index (χ2n) is 7.90. The SMILES string of the molecule is CCc1cnc(N2C[C@@H]3CN(C(=O)N(C)C)[C@H](c4cccc(F)c4)[C@@H]3C2)nc1. The van der Waals surface area contributed by atoms with Crippen molar-refractivity contribution in [2.24, 2.45) is 11.8 Å². The summed E-state index contributed by atoms with van der Waals surface area (Å²) in [6, 6.07) is 6.46. The van der Waals surface area contributed by atoms with E-state index in [1.54, 1.807) is 31.1 Å². The lowest BCUT2D eigenvalue weighted by atomic mass is 9.89.